The Bertz CT molecular complexity index is 810. The van der Waals surface area contributed by atoms with Gasteiger partial charge in [0, 0.05) is 12.7 Å². The molecule has 1 amide bonds. The summed E-state index contributed by atoms with van der Waals surface area (Å²) in [4.78, 5) is 12.9. The molecule has 0 aromatic heterocycles. The van der Waals surface area contributed by atoms with Crippen LogP contribution in [0.4, 0.5) is 0 Å². The Balaban J connectivity index is 1.57. The number of ether oxygens (including phenoxy) is 3. The first-order valence-corrected chi connectivity index (χ1v) is 9.51. The summed E-state index contributed by atoms with van der Waals surface area (Å²) >= 11 is 0. The summed E-state index contributed by atoms with van der Waals surface area (Å²) < 4.78 is 16.5. The van der Waals surface area contributed by atoms with Gasteiger partial charge in [0.15, 0.2) is 11.5 Å². The second kappa shape index (κ2) is 7.61. The Morgan fingerprint density at radius 1 is 1.04 bits per heavy atom. The van der Waals surface area contributed by atoms with E-state index >= 15 is 0 Å². The highest BCUT2D eigenvalue weighted by atomic mass is 16.6. The SMILES string of the molecule is COCc1ccc(C(=O)NC2(c3ccc4c(c3)OCCO4)CCCC2)cc1. The number of methoxy groups -OCH3 is 1. The Hall–Kier alpha value is -2.53. The van der Waals surface area contributed by atoms with E-state index < -0.39 is 0 Å². The van der Waals surface area contributed by atoms with Crippen molar-refractivity contribution in [3.63, 3.8) is 0 Å². The number of carbonyl (C=O) groups is 1. The van der Waals surface area contributed by atoms with Gasteiger partial charge in [0.2, 0.25) is 0 Å². The molecule has 1 N–H and O–H groups in total. The number of benzene rings is 2. The van der Waals surface area contributed by atoms with Gasteiger partial charge >= 0.3 is 0 Å². The fraction of sp³-hybridized carbons (Fsp3) is 0.409. The molecule has 2 aromatic carbocycles. The number of carbonyl (C=O) groups excluding carboxylic acids is 1. The normalized spacial score (nSPS) is 17.5. The van der Waals surface area contributed by atoms with Crippen molar-refractivity contribution in [2.75, 3.05) is 20.3 Å². The van der Waals surface area contributed by atoms with E-state index in [2.05, 4.69) is 11.4 Å². The molecule has 0 unspecified atom stereocenters. The number of rotatable bonds is 5. The van der Waals surface area contributed by atoms with Crippen molar-refractivity contribution in [3.05, 3.63) is 59.2 Å². The van der Waals surface area contributed by atoms with Gasteiger partial charge in [-0.05, 0) is 48.2 Å². The quantitative estimate of drug-likeness (QED) is 0.873. The number of hydrogen-bond acceptors (Lipinski definition) is 4. The summed E-state index contributed by atoms with van der Waals surface area (Å²) in [5, 5.41) is 3.32. The fourth-order valence-electron chi connectivity index (χ4n) is 4.01. The van der Waals surface area contributed by atoms with E-state index in [1.807, 2.05) is 36.4 Å². The lowest BCUT2D eigenvalue weighted by atomic mass is 9.87. The van der Waals surface area contributed by atoms with Gasteiger partial charge in [0.1, 0.15) is 13.2 Å². The van der Waals surface area contributed by atoms with Crippen LogP contribution >= 0.6 is 0 Å². The van der Waals surface area contributed by atoms with E-state index in [9.17, 15) is 4.79 Å². The van der Waals surface area contributed by atoms with Gasteiger partial charge < -0.3 is 19.5 Å². The molecule has 0 bridgehead atoms. The molecule has 1 aliphatic carbocycles. The van der Waals surface area contributed by atoms with Gasteiger partial charge in [0.25, 0.3) is 5.91 Å². The largest absolute Gasteiger partial charge is 0.486 e. The van der Waals surface area contributed by atoms with Crippen LogP contribution in [0.2, 0.25) is 0 Å². The molecule has 27 heavy (non-hydrogen) atoms. The first-order valence-electron chi connectivity index (χ1n) is 9.51. The number of fused-ring (bicyclic) bond motifs is 1. The highest BCUT2D eigenvalue weighted by Gasteiger charge is 2.38. The van der Waals surface area contributed by atoms with Crippen LogP contribution in [0, 0.1) is 0 Å². The van der Waals surface area contributed by atoms with Crippen LogP contribution < -0.4 is 14.8 Å². The molecule has 0 radical (unpaired) electrons. The van der Waals surface area contributed by atoms with Crippen molar-refractivity contribution >= 4 is 5.91 Å². The van der Waals surface area contributed by atoms with E-state index in [1.165, 1.54) is 0 Å². The van der Waals surface area contributed by atoms with E-state index in [4.69, 9.17) is 14.2 Å². The molecule has 0 atom stereocenters. The van der Waals surface area contributed by atoms with E-state index in [0.717, 1.165) is 48.3 Å². The lowest BCUT2D eigenvalue weighted by molar-refractivity contribution is 0.0897. The third-order valence-electron chi connectivity index (χ3n) is 5.43. The molecule has 1 fully saturated rings. The minimum absolute atomic E-state index is 0.0456. The second-order valence-electron chi connectivity index (χ2n) is 7.23. The van der Waals surface area contributed by atoms with Gasteiger partial charge in [-0.2, -0.15) is 0 Å². The minimum Gasteiger partial charge on any atom is -0.486 e. The van der Waals surface area contributed by atoms with Crippen molar-refractivity contribution < 1.29 is 19.0 Å². The maximum Gasteiger partial charge on any atom is 0.251 e. The Morgan fingerprint density at radius 3 is 2.44 bits per heavy atom. The molecule has 5 heteroatoms. The highest BCUT2D eigenvalue weighted by Crippen LogP contribution is 2.42. The molecular formula is C22H25NO4. The van der Waals surface area contributed by atoms with Gasteiger partial charge in [-0.1, -0.05) is 31.0 Å². The van der Waals surface area contributed by atoms with Crippen molar-refractivity contribution in [1.29, 1.82) is 0 Å². The monoisotopic (exact) mass is 367 g/mol. The van der Waals surface area contributed by atoms with Crippen LogP contribution in [0.25, 0.3) is 0 Å². The molecule has 1 aliphatic heterocycles. The number of nitrogens with one attached hydrogen (secondary N) is 1. The predicted molar refractivity (Wildman–Crippen MR) is 102 cm³/mol. The van der Waals surface area contributed by atoms with Crippen molar-refractivity contribution in [1.82, 2.24) is 5.32 Å². The van der Waals surface area contributed by atoms with Crippen LogP contribution in [-0.4, -0.2) is 26.2 Å². The number of hydrogen-bond donors (Lipinski definition) is 1. The van der Waals surface area contributed by atoms with Gasteiger partial charge in [0.05, 0.1) is 12.1 Å². The van der Waals surface area contributed by atoms with Crippen molar-refractivity contribution in [2.24, 2.45) is 0 Å². The molecular weight excluding hydrogens is 342 g/mol. The van der Waals surface area contributed by atoms with E-state index in [1.54, 1.807) is 7.11 Å². The molecule has 4 rings (SSSR count). The van der Waals surface area contributed by atoms with E-state index in [0.29, 0.717) is 25.4 Å². The summed E-state index contributed by atoms with van der Waals surface area (Å²) in [5.74, 6) is 1.50. The zero-order valence-corrected chi connectivity index (χ0v) is 15.6. The molecule has 5 nitrogen and oxygen atoms in total. The minimum atomic E-state index is -0.349. The predicted octanol–water partition coefficient (Wildman–Crippen LogP) is 3.80. The topological polar surface area (TPSA) is 56.8 Å². The molecule has 1 heterocycles. The summed E-state index contributed by atoms with van der Waals surface area (Å²) in [6, 6.07) is 13.6. The van der Waals surface area contributed by atoms with Gasteiger partial charge in [-0.3, -0.25) is 4.79 Å². The van der Waals surface area contributed by atoms with Gasteiger partial charge in [-0.25, -0.2) is 0 Å². The lowest BCUT2D eigenvalue weighted by Gasteiger charge is -2.32. The van der Waals surface area contributed by atoms with E-state index in [-0.39, 0.29) is 11.4 Å². The van der Waals surface area contributed by atoms with Crippen LogP contribution in [0.3, 0.4) is 0 Å². The average Bonchev–Trinajstić information content (AvgIpc) is 3.18. The van der Waals surface area contributed by atoms with Gasteiger partial charge in [-0.15, -0.1) is 0 Å². The van der Waals surface area contributed by atoms with Crippen molar-refractivity contribution in [3.8, 4) is 11.5 Å². The maximum absolute atomic E-state index is 12.9. The van der Waals surface area contributed by atoms with Crippen LogP contribution in [0.15, 0.2) is 42.5 Å². The lowest BCUT2D eigenvalue weighted by Crippen LogP contribution is -2.43. The second-order valence-corrected chi connectivity index (χ2v) is 7.23. The summed E-state index contributed by atoms with van der Waals surface area (Å²) in [6.45, 7) is 1.68. The zero-order valence-electron chi connectivity index (χ0n) is 15.6. The Labute approximate surface area is 159 Å². The molecule has 0 saturated heterocycles. The van der Waals surface area contributed by atoms with Crippen LogP contribution in [0.1, 0.15) is 47.2 Å². The summed E-state index contributed by atoms with van der Waals surface area (Å²) in [7, 11) is 1.66. The van der Waals surface area contributed by atoms with Crippen LogP contribution in [0.5, 0.6) is 11.5 Å². The summed E-state index contributed by atoms with van der Waals surface area (Å²) in [6.07, 6.45) is 4.06. The molecule has 142 valence electrons. The maximum atomic E-state index is 12.9. The first kappa shape index (κ1) is 17.9. The van der Waals surface area contributed by atoms with Crippen LogP contribution in [-0.2, 0) is 16.9 Å². The molecule has 0 spiro atoms. The third-order valence-corrected chi connectivity index (χ3v) is 5.43. The molecule has 1 saturated carbocycles. The molecule has 2 aliphatic rings. The number of amides is 1. The Kier molecular flexibility index (Phi) is 5.03. The highest BCUT2D eigenvalue weighted by molar-refractivity contribution is 5.94. The summed E-state index contributed by atoms with van der Waals surface area (Å²) in [5.41, 5.74) is 2.46. The molecule has 2 aromatic rings. The fourth-order valence-corrected chi connectivity index (χ4v) is 4.01. The zero-order chi connectivity index (χ0) is 18.7. The first-order chi connectivity index (χ1) is 13.2. The average molecular weight is 367 g/mol. The smallest absolute Gasteiger partial charge is 0.251 e. The van der Waals surface area contributed by atoms with Crippen molar-refractivity contribution in [2.45, 2.75) is 37.8 Å². The Morgan fingerprint density at radius 2 is 1.74 bits per heavy atom. The third kappa shape index (κ3) is 3.65. The standard InChI is InChI=1S/C22H25NO4/c1-25-15-16-4-6-17(7-5-16)21(24)23-22(10-2-3-11-22)18-8-9-19-20(14-18)27-13-12-26-19/h4-9,14H,2-3,10-13,15H2,1H3,(H,23,24).